The molecular weight excluding hydrogens is 294 g/mol. The van der Waals surface area contributed by atoms with Crippen molar-refractivity contribution in [1.82, 2.24) is 15.0 Å². The molecule has 0 fully saturated rings. The number of nitrogens with zero attached hydrogens (tertiary/aromatic N) is 3. The Morgan fingerprint density at radius 2 is 1.33 bits per heavy atom. The zero-order valence-corrected chi connectivity index (χ0v) is 12.8. The van der Waals surface area contributed by atoms with Gasteiger partial charge in [-0.3, -0.25) is 15.0 Å². The van der Waals surface area contributed by atoms with E-state index in [2.05, 4.69) is 57.4 Å². The van der Waals surface area contributed by atoms with E-state index in [9.17, 15) is 0 Å². The molecule has 0 atom stereocenters. The minimum Gasteiger partial charge on any atom is -0.256 e. The zero-order chi connectivity index (χ0) is 15.9. The van der Waals surface area contributed by atoms with Crippen LogP contribution in [-0.2, 0) is 0 Å². The lowest BCUT2D eigenvalue weighted by atomic mass is 9.97. The second-order valence-corrected chi connectivity index (χ2v) is 5.77. The predicted octanol–water partition coefficient (Wildman–Crippen LogP) is 5.00. The Morgan fingerprint density at radius 3 is 2.33 bits per heavy atom. The lowest BCUT2D eigenvalue weighted by molar-refractivity contribution is 1.37. The maximum atomic E-state index is 4.60. The summed E-state index contributed by atoms with van der Waals surface area (Å²) < 4.78 is 0. The van der Waals surface area contributed by atoms with Crippen LogP contribution in [0, 0.1) is 0 Å². The lowest BCUT2D eigenvalue weighted by Crippen LogP contribution is -1.89. The maximum Gasteiger partial charge on any atom is 0.0970 e. The molecule has 0 aliphatic heterocycles. The van der Waals surface area contributed by atoms with Crippen molar-refractivity contribution in [2.75, 3.05) is 0 Å². The molecule has 0 saturated heterocycles. The van der Waals surface area contributed by atoms with Crippen molar-refractivity contribution in [2.45, 2.75) is 0 Å². The average molecular weight is 307 g/mol. The number of fused-ring (bicyclic) bond motifs is 4. The number of rotatable bonds is 1. The van der Waals surface area contributed by atoms with E-state index in [4.69, 9.17) is 0 Å². The van der Waals surface area contributed by atoms with Gasteiger partial charge in [-0.1, -0.05) is 36.4 Å². The van der Waals surface area contributed by atoms with Gasteiger partial charge in [-0.05, 0) is 35.4 Å². The van der Waals surface area contributed by atoms with Crippen LogP contribution in [0.5, 0.6) is 0 Å². The van der Waals surface area contributed by atoms with E-state index < -0.39 is 0 Å². The van der Waals surface area contributed by atoms with Crippen LogP contribution in [0.2, 0.25) is 0 Å². The van der Waals surface area contributed by atoms with Crippen LogP contribution in [0.15, 0.2) is 79.3 Å². The Labute approximate surface area is 138 Å². The quantitative estimate of drug-likeness (QED) is 0.409. The number of hydrogen-bond donors (Lipinski definition) is 0. The van der Waals surface area contributed by atoms with Crippen LogP contribution in [-0.4, -0.2) is 15.0 Å². The molecule has 0 aliphatic carbocycles. The first-order valence-electron chi connectivity index (χ1n) is 7.88. The summed E-state index contributed by atoms with van der Waals surface area (Å²) in [5.41, 5.74) is 5.20. The summed E-state index contributed by atoms with van der Waals surface area (Å²) in [5.74, 6) is 0. The molecule has 5 rings (SSSR count). The van der Waals surface area contributed by atoms with Crippen LogP contribution in [0.3, 0.4) is 0 Å². The van der Waals surface area contributed by atoms with Gasteiger partial charge in [-0.25, -0.2) is 0 Å². The zero-order valence-electron chi connectivity index (χ0n) is 12.8. The van der Waals surface area contributed by atoms with Crippen LogP contribution < -0.4 is 0 Å². The highest BCUT2D eigenvalue weighted by Crippen LogP contribution is 2.34. The van der Waals surface area contributed by atoms with Crippen molar-refractivity contribution in [3.63, 3.8) is 0 Å². The van der Waals surface area contributed by atoms with Crippen molar-refractivity contribution >= 4 is 32.7 Å². The molecule has 5 aromatic rings. The molecule has 112 valence electrons. The summed E-state index contributed by atoms with van der Waals surface area (Å²) in [4.78, 5) is 13.6. The van der Waals surface area contributed by atoms with Gasteiger partial charge >= 0.3 is 0 Å². The number of benzene rings is 2. The van der Waals surface area contributed by atoms with Crippen molar-refractivity contribution < 1.29 is 0 Å². The van der Waals surface area contributed by atoms with E-state index >= 15 is 0 Å². The highest BCUT2D eigenvalue weighted by molar-refractivity contribution is 6.10. The van der Waals surface area contributed by atoms with Gasteiger partial charge in [0.15, 0.2) is 0 Å². The van der Waals surface area contributed by atoms with Crippen molar-refractivity contribution in [1.29, 1.82) is 0 Å². The Balaban J connectivity index is 1.91. The third-order valence-electron chi connectivity index (χ3n) is 4.42. The molecule has 0 amide bonds. The Bertz CT molecular complexity index is 1210. The molecule has 24 heavy (non-hydrogen) atoms. The standard InChI is InChI=1S/C21H13N3/c1-5-15(17-6-3-11-22-19(17)7-1)16-10-13-24-21-18(16)9-8-14-4-2-12-23-20(14)21/h1-13H. The minimum absolute atomic E-state index is 0.937. The van der Waals surface area contributed by atoms with Gasteiger partial charge in [0.2, 0.25) is 0 Å². The molecule has 3 heteroatoms. The number of pyridine rings is 3. The van der Waals surface area contributed by atoms with Gasteiger partial charge in [0, 0.05) is 34.7 Å². The Kier molecular flexibility index (Phi) is 2.79. The van der Waals surface area contributed by atoms with E-state index in [1.807, 2.05) is 36.8 Å². The molecule has 3 heterocycles. The smallest absolute Gasteiger partial charge is 0.0970 e. The fourth-order valence-corrected chi connectivity index (χ4v) is 3.33. The van der Waals surface area contributed by atoms with Gasteiger partial charge in [-0.15, -0.1) is 0 Å². The first-order valence-corrected chi connectivity index (χ1v) is 7.88. The monoisotopic (exact) mass is 307 g/mol. The SMILES string of the molecule is c1cnc2c(c1)ccc1c(-c3cccc4ncccc34)ccnc12. The first kappa shape index (κ1) is 13.1. The Morgan fingerprint density at radius 1 is 0.500 bits per heavy atom. The van der Waals surface area contributed by atoms with Crippen molar-refractivity contribution in [3.8, 4) is 11.1 Å². The van der Waals surface area contributed by atoms with Crippen LogP contribution in [0.1, 0.15) is 0 Å². The normalized spacial score (nSPS) is 11.3. The minimum atomic E-state index is 0.937. The molecular formula is C21H13N3. The average Bonchev–Trinajstić information content (AvgIpc) is 2.67. The van der Waals surface area contributed by atoms with E-state index in [0.29, 0.717) is 0 Å². The molecule has 2 aromatic carbocycles. The molecule has 3 nitrogen and oxygen atoms in total. The topological polar surface area (TPSA) is 38.7 Å². The highest BCUT2D eigenvalue weighted by atomic mass is 14.7. The third-order valence-corrected chi connectivity index (χ3v) is 4.42. The van der Waals surface area contributed by atoms with Crippen molar-refractivity contribution in [2.24, 2.45) is 0 Å². The number of hydrogen-bond acceptors (Lipinski definition) is 3. The molecule has 0 aliphatic rings. The summed E-state index contributed by atoms with van der Waals surface area (Å²) in [6, 6.07) is 20.7. The summed E-state index contributed by atoms with van der Waals surface area (Å²) in [6.07, 6.45) is 5.51. The summed E-state index contributed by atoms with van der Waals surface area (Å²) >= 11 is 0. The van der Waals surface area contributed by atoms with E-state index in [1.54, 1.807) is 0 Å². The summed E-state index contributed by atoms with van der Waals surface area (Å²) in [5, 5.41) is 3.36. The fraction of sp³-hybridized carbons (Fsp3) is 0. The first-order chi connectivity index (χ1) is 11.9. The largest absolute Gasteiger partial charge is 0.256 e. The van der Waals surface area contributed by atoms with Gasteiger partial charge in [0.05, 0.1) is 16.6 Å². The number of aromatic nitrogens is 3. The van der Waals surface area contributed by atoms with Crippen LogP contribution in [0.25, 0.3) is 43.8 Å². The van der Waals surface area contributed by atoms with Crippen LogP contribution in [0.4, 0.5) is 0 Å². The molecule has 0 N–H and O–H groups in total. The molecule has 0 radical (unpaired) electrons. The predicted molar refractivity (Wildman–Crippen MR) is 97.8 cm³/mol. The van der Waals surface area contributed by atoms with Gasteiger partial charge in [-0.2, -0.15) is 0 Å². The van der Waals surface area contributed by atoms with E-state index in [-0.39, 0.29) is 0 Å². The van der Waals surface area contributed by atoms with E-state index in [1.165, 1.54) is 5.56 Å². The summed E-state index contributed by atoms with van der Waals surface area (Å²) in [7, 11) is 0. The molecule has 0 unspecified atom stereocenters. The molecule has 0 saturated carbocycles. The third kappa shape index (κ3) is 1.88. The summed E-state index contributed by atoms with van der Waals surface area (Å²) in [6.45, 7) is 0. The fourth-order valence-electron chi connectivity index (χ4n) is 3.33. The lowest BCUT2D eigenvalue weighted by Gasteiger charge is -2.10. The Hall–Kier alpha value is -3.33. The van der Waals surface area contributed by atoms with Crippen molar-refractivity contribution in [3.05, 3.63) is 79.3 Å². The molecule has 0 spiro atoms. The van der Waals surface area contributed by atoms with E-state index in [0.717, 1.165) is 38.3 Å². The second-order valence-electron chi connectivity index (χ2n) is 5.77. The molecule has 0 bridgehead atoms. The maximum absolute atomic E-state index is 4.60. The van der Waals surface area contributed by atoms with Gasteiger partial charge in [0.1, 0.15) is 0 Å². The van der Waals surface area contributed by atoms with Gasteiger partial charge in [0.25, 0.3) is 0 Å². The highest BCUT2D eigenvalue weighted by Gasteiger charge is 2.10. The van der Waals surface area contributed by atoms with Crippen LogP contribution >= 0.6 is 0 Å². The second kappa shape index (κ2) is 5.10. The molecule has 3 aromatic heterocycles. The van der Waals surface area contributed by atoms with Gasteiger partial charge < -0.3 is 0 Å².